The first kappa shape index (κ1) is 9.22. The summed E-state index contributed by atoms with van der Waals surface area (Å²) in [6.45, 7) is 0.776. The average molecular weight is 184 g/mol. The molecule has 0 saturated heterocycles. The molecule has 1 aromatic heterocycles. The minimum atomic E-state index is -1.09. The number of carbonyl (C=O) groups excluding carboxylic acids is 1. The van der Waals surface area contributed by atoms with Crippen LogP contribution >= 0.6 is 11.3 Å². The third kappa shape index (κ3) is 2.32. The van der Waals surface area contributed by atoms with Crippen molar-refractivity contribution >= 4 is 17.3 Å². The normalized spacial score (nSPS) is 10.6. The zero-order valence-electron chi connectivity index (χ0n) is 7.03. The quantitative estimate of drug-likeness (QED) is 0.672. The van der Waals surface area contributed by atoms with Gasteiger partial charge in [0.05, 0.1) is 10.8 Å². The highest BCUT2D eigenvalue weighted by Gasteiger charge is 2.00. The highest BCUT2D eigenvalue weighted by Crippen LogP contribution is 2.16. The molecule has 0 N–H and O–H groups in total. The maximum atomic E-state index is 10.4. The molecule has 0 unspecified atom stereocenters. The number of carboxylic acid groups (broad SMARTS) is 1. The van der Waals surface area contributed by atoms with Gasteiger partial charge in [-0.25, -0.2) is 0 Å². The van der Waals surface area contributed by atoms with E-state index in [1.54, 1.807) is 6.07 Å². The molecule has 0 spiro atoms. The van der Waals surface area contributed by atoms with E-state index in [1.165, 1.54) is 11.3 Å². The van der Waals surface area contributed by atoms with Crippen molar-refractivity contribution in [3.63, 3.8) is 0 Å². The second kappa shape index (κ2) is 3.69. The van der Waals surface area contributed by atoms with Crippen LogP contribution in [0.2, 0.25) is 0 Å². The van der Waals surface area contributed by atoms with Crippen LogP contribution < -0.4 is 5.11 Å². The van der Waals surface area contributed by atoms with Crippen molar-refractivity contribution in [3.05, 3.63) is 21.9 Å². The first-order valence-electron chi connectivity index (χ1n) is 3.54. The lowest BCUT2D eigenvalue weighted by Gasteiger charge is -2.05. The first-order chi connectivity index (χ1) is 5.59. The maximum absolute atomic E-state index is 10.4. The summed E-state index contributed by atoms with van der Waals surface area (Å²) in [5.74, 6) is -1.09. The van der Waals surface area contributed by atoms with Crippen LogP contribution in [0.5, 0.6) is 0 Å². The van der Waals surface area contributed by atoms with E-state index in [1.807, 2.05) is 25.1 Å². The van der Waals surface area contributed by atoms with Gasteiger partial charge in [0.25, 0.3) is 0 Å². The fourth-order valence-corrected chi connectivity index (χ4v) is 1.84. The van der Waals surface area contributed by atoms with Crippen LogP contribution in [-0.2, 0) is 6.54 Å². The molecule has 66 valence electrons. The van der Waals surface area contributed by atoms with Crippen molar-refractivity contribution in [1.82, 2.24) is 4.90 Å². The number of aromatic carboxylic acids is 1. The fourth-order valence-electron chi connectivity index (χ4n) is 0.884. The van der Waals surface area contributed by atoms with Crippen molar-refractivity contribution in [2.45, 2.75) is 6.54 Å². The molecule has 1 aromatic rings. The van der Waals surface area contributed by atoms with Gasteiger partial charge in [0.1, 0.15) is 0 Å². The number of carbonyl (C=O) groups is 1. The third-order valence-corrected chi connectivity index (χ3v) is 2.38. The number of thiophene rings is 1. The van der Waals surface area contributed by atoms with Crippen LogP contribution in [0.15, 0.2) is 12.1 Å². The minimum absolute atomic E-state index is 0.298. The number of rotatable bonds is 3. The van der Waals surface area contributed by atoms with Gasteiger partial charge < -0.3 is 14.8 Å². The van der Waals surface area contributed by atoms with E-state index >= 15 is 0 Å². The van der Waals surface area contributed by atoms with E-state index in [4.69, 9.17) is 0 Å². The van der Waals surface area contributed by atoms with Gasteiger partial charge in [-0.05, 0) is 26.2 Å². The SMILES string of the molecule is CN(C)Cc1ccc(C(=O)[O-])s1. The Balaban J connectivity index is 2.71. The van der Waals surface area contributed by atoms with Gasteiger partial charge in [0.15, 0.2) is 0 Å². The Morgan fingerprint density at radius 3 is 2.67 bits per heavy atom. The van der Waals surface area contributed by atoms with Crippen molar-refractivity contribution in [2.24, 2.45) is 0 Å². The van der Waals surface area contributed by atoms with E-state index in [9.17, 15) is 9.90 Å². The standard InChI is InChI=1S/C8H11NO2S/c1-9(2)5-6-3-4-7(12-6)8(10)11/h3-4H,5H2,1-2H3,(H,10,11)/p-1. The van der Waals surface area contributed by atoms with Gasteiger partial charge in [-0.3, -0.25) is 0 Å². The van der Waals surface area contributed by atoms with Crippen LogP contribution in [-0.4, -0.2) is 25.0 Å². The lowest BCUT2D eigenvalue weighted by atomic mass is 10.4. The van der Waals surface area contributed by atoms with Gasteiger partial charge in [-0.15, -0.1) is 11.3 Å². The van der Waals surface area contributed by atoms with Crippen LogP contribution in [0.25, 0.3) is 0 Å². The Labute approximate surface area is 75.2 Å². The Bertz CT molecular complexity index is 280. The first-order valence-corrected chi connectivity index (χ1v) is 4.36. The lowest BCUT2D eigenvalue weighted by Crippen LogP contribution is -2.20. The van der Waals surface area contributed by atoms with Gasteiger partial charge in [-0.2, -0.15) is 0 Å². The number of hydrogen-bond donors (Lipinski definition) is 0. The number of nitrogens with zero attached hydrogens (tertiary/aromatic N) is 1. The molecule has 1 heterocycles. The summed E-state index contributed by atoms with van der Waals surface area (Å²) in [7, 11) is 3.89. The van der Waals surface area contributed by atoms with E-state index in [-0.39, 0.29) is 0 Å². The van der Waals surface area contributed by atoms with Crippen LogP contribution in [0.3, 0.4) is 0 Å². The highest BCUT2D eigenvalue weighted by molar-refractivity contribution is 7.13. The van der Waals surface area contributed by atoms with Crippen molar-refractivity contribution < 1.29 is 9.90 Å². The molecule has 0 aromatic carbocycles. The predicted molar refractivity (Wildman–Crippen MR) is 46.0 cm³/mol. The molecule has 4 heteroatoms. The van der Waals surface area contributed by atoms with Crippen molar-refractivity contribution in [1.29, 1.82) is 0 Å². The maximum Gasteiger partial charge on any atom is 0.0815 e. The summed E-state index contributed by atoms with van der Waals surface area (Å²) in [5, 5.41) is 10.4. The topological polar surface area (TPSA) is 43.4 Å². The Morgan fingerprint density at radius 2 is 2.25 bits per heavy atom. The Morgan fingerprint density at radius 1 is 1.58 bits per heavy atom. The summed E-state index contributed by atoms with van der Waals surface area (Å²) in [6, 6.07) is 3.40. The summed E-state index contributed by atoms with van der Waals surface area (Å²) in [6.07, 6.45) is 0. The summed E-state index contributed by atoms with van der Waals surface area (Å²) in [5.41, 5.74) is 0. The average Bonchev–Trinajstić information content (AvgIpc) is 2.34. The Hall–Kier alpha value is -0.870. The monoisotopic (exact) mass is 184 g/mol. The molecule has 0 bridgehead atoms. The molecular weight excluding hydrogens is 174 g/mol. The molecule has 12 heavy (non-hydrogen) atoms. The molecular formula is C8H10NO2S-. The van der Waals surface area contributed by atoms with Crippen LogP contribution in [0, 0.1) is 0 Å². The van der Waals surface area contributed by atoms with E-state index in [0.717, 1.165) is 11.4 Å². The predicted octanol–water partition coefficient (Wildman–Crippen LogP) is 0.173. The number of hydrogen-bond acceptors (Lipinski definition) is 4. The second-order valence-electron chi connectivity index (χ2n) is 2.79. The van der Waals surface area contributed by atoms with Crippen LogP contribution in [0.1, 0.15) is 14.5 Å². The summed E-state index contributed by atoms with van der Waals surface area (Å²) >= 11 is 1.27. The third-order valence-electron chi connectivity index (χ3n) is 1.33. The largest absolute Gasteiger partial charge is 0.544 e. The molecule has 0 aliphatic carbocycles. The molecule has 0 fully saturated rings. The van der Waals surface area contributed by atoms with Crippen molar-refractivity contribution in [3.8, 4) is 0 Å². The Kier molecular flexibility index (Phi) is 2.83. The molecule has 0 aliphatic heterocycles. The van der Waals surface area contributed by atoms with E-state index in [0.29, 0.717) is 4.88 Å². The molecule has 1 rings (SSSR count). The second-order valence-corrected chi connectivity index (χ2v) is 3.96. The summed E-state index contributed by atoms with van der Waals surface area (Å²) in [4.78, 5) is 13.7. The molecule has 0 amide bonds. The summed E-state index contributed by atoms with van der Waals surface area (Å²) < 4.78 is 0. The molecule has 0 atom stereocenters. The zero-order valence-corrected chi connectivity index (χ0v) is 7.85. The van der Waals surface area contributed by atoms with Crippen molar-refractivity contribution in [2.75, 3.05) is 14.1 Å². The zero-order chi connectivity index (χ0) is 9.14. The molecule has 0 saturated carbocycles. The van der Waals surface area contributed by atoms with Gasteiger partial charge in [0, 0.05) is 11.4 Å². The number of carboxylic acids is 1. The van der Waals surface area contributed by atoms with E-state index in [2.05, 4.69) is 0 Å². The molecule has 3 nitrogen and oxygen atoms in total. The van der Waals surface area contributed by atoms with Gasteiger partial charge >= 0.3 is 0 Å². The van der Waals surface area contributed by atoms with Gasteiger partial charge in [-0.1, -0.05) is 0 Å². The molecule has 0 aliphatic rings. The van der Waals surface area contributed by atoms with Gasteiger partial charge in [0.2, 0.25) is 0 Å². The lowest BCUT2D eigenvalue weighted by molar-refractivity contribution is -0.254. The minimum Gasteiger partial charge on any atom is -0.544 e. The fraction of sp³-hybridized carbons (Fsp3) is 0.375. The van der Waals surface area contributed by atoms with E-state index < -0.39 is 5.97 Å². The molecule has 0 radical (unpaired) electrons. The van der Waals surface area contributed by atoms with Crippen LogP contribution in [0.4, 0.5) is 0 Å². The smallest absolute Gasteiger partial charge is 0.0815 e. The highest BCUT2D eigenvalue weighted by atomic mass is 32.1.